The van der Waals surface area contributed by atoms with Crippen LogP contribution in [0.3, 0.4) is 0 Å². The van der Waals surface area contributed by atoms with Crippen LogP contribution < -0.4 is 5.32 Å². The average molecular weight is 377 g/mol. The molecule has 3 aromatic heterocycles. The number of Topliss-reactive ketones (excluding diaryl/α,β-unsaturated/α-hetero) is 1. The predicted octanol–water partition coefficient (Wildman–Crippen LogP) is 4.01. The minimum absolute atomic E-state index is 0.0813. The zero-order chi connectivity index (χ0) is 18.2. The molecule has 1 atom stereocenters. The summed E-state index contributed by atoms with van der Waals surface area (Å²) in [6.45, 7) is 0.714. The number of pyridine rings is 1. The third-order valence-electron chi connectivity index (χ3n) is 5.03. The van der Waals surface area contributed by atoms with Gasteiger partial charge in [-0.2, -0.15) is 0 Å². The Morgan fingerprint density at radius 1 is 1.19 bits per heavy atom. The Hall–Kier alpha value is -2.80. The summed E-state index contributed by atoms with van der Waals surface area (Å²) in [5.74, 6) is 0.306. The molecule has 0 aliphatic heterocycles. The summed E-state index contributed by atoms with van der Waals surface area (Å²) in [7, 11) is 0. The summed E-state index contributed by atoms with van der Waals surface area (Å²) in [6, 6.07) is 10.1. The average Bonchev–Trinajstić information content (AvgIpc) is 3.27. The number of aromatic nitrogens is 4. The molecule has 1 fully saturated rings. The van der Waals surface area contributed by atoms with E-state index < -0.39 is 0 Å². The number of carbonyl (C=O) groups excluding carboxylic acids is 1. The van der Waals surface area contributed by atoms with Crippen LogP contribution in [0.15, 0.2) is 42.9 Å². The molecule has 1 aliphatic rings. The van der Waals surface area contributed by atoms with Gasteiger partial charge < -0.3 is 9.88 Å². The van der Waals surface area contributed by atoms with Gasteiger partial charge >= 0.3 is 0 Å². The van der Waals surface area contributed by atoms with E-state index in [9.17, 15) is 4.79 Å². The molecule has 0 bridgehead atoms. The summed E-state index contributed by atoms with van der Waals surface area (Å²) < 4.78 is 3.17. The van der Waals surface area contributed by atoms with Crippen molar-refractivity contribution in [2.24, 2.45) is 0 Å². The lowest BCUT2D eigenvalue weighted by atomic mass is 9.94. The fourth-order valence-electron chi connectivity index (χ4n) is 3.62. The van der Waals surface area contributed by atoms with Crippen LogP contribution in [0.5, 0.6) is 0 Å². The molecule has 1 saturated carbocycles. The van der Waals surface area contributed by atoms with Crippen LogP contribution in [0.4, 0.5) is 5.13 Å². The largest absolute Gasteiger partial charge is 0.352 e. The topological polar surface area (TPSA) is 72.7 Å². The predicted molar refractivity (Wildman–Crippen MR) is 107 cm³/mol. The SMILES string of the molecule is O=C1CCCC[C@H]1Nc1nc2ccc(Cn3cnc4cccnc43)cc2s1. The number of ketones is 1. The maximum atomic E-state index is 12.1. The second-order valence-corrected chi connectivity index (χ2v) is 7.98. The minimum Gasteiger partial charge on any atom is -0.352 e. The van der Waals surface area contributed by atoms with Crippen LogP contribution in [0.2, 0.25) is 0 Å². The van der Waals surface area contributed by atoms with Gasteiger partial charge in [0.25, 0.3) is 0 Å². The molecule has 0 amide bonds. The molecule has 1 aliphatic carbocycles. The number of rotatable bonds is 4. The molecule has 0 radical (unpaired) electrons. The van der Waals surface area contributed by atoms with Crippen molar-refractivity contribution < 1.29 is 4.79 Å². The van der Waals surface area contributed by atoms with Crippen LogP contribution in [-0.2, 0) is 11.3 Å². The van der Waals surface area contributed by atoms with Crippen molar-refractivity contribution in [1.82, 2.24) is 19.5 Å². The molecule has 0 spiro atoms. The lowest BCUT2D eigenvalue weighted by molar-refractivity contribution is -0.121. The highest BCUT2D eigenvalue weighted by atomic mass is 32.1. The summed E-state index contributed by atoms with van der Waals surface area (Å²) in [5.41, 5.74) is 3.93. The zero-order valence-electron chi connectivity index (χ0n) is 14.8. The first-order valence-electron chi connectivity index (χ1n) is 9.21. The maximum Gasteiger partial charge on any atom is 0.184 e. The fraction of sp³-hybridized carbons (Fsp3) is 0.300. The highest BCUT2D eigenvalue weighted by molar-refractivity contribution is 7.22. The molecule has 1 N–H and O–H groups in total. The van der Waals surface area contributed by atoms with Gasteiger partial charge in [-0.15, -0.1) is 0 Å². The van der Waals surface area contributed by atoms with Gasteiger partial charge in [0.1, 0.15) is 5.52 Å². The van der Waals surface area contributed by atoms with E-state index >= 15 is 0 Å². The van der Waals surface area contributed by atoms with Gasteiger partial charge in [-0.25, -0.2) is 15.0 Å². The van der Waals surface area contributed by atoms with Crippen molar-refractivity contribution in [2.45, 2.75) is 38.3 Å². The third-order valence-corrected chi connectivity index (χ3v) is 5.98. The zero-order valence-corrected chi connectivity index (χ0v) is 15.6. The van der Waals surface area contributed by atoms with Gasteiger partial charge in [0.15, 0.2) is 16.6 Å². The highest BCUT2D eigenvalue weighted by Crippen LogP contribution is 2.29. The second-order valence-electron chi connectivity index (χ2n) is 6.95. The van der Waals surface area contributed by atoms with E-state index in [-0.39, 0.29) is 6.04 Å². The Kier molecular flexibility index (Phi) is 4.09. The van der Waals surface area contributed by atoms with Crippen molar-refractivity contribution in [2.75, 3.05) is 5.32 Å². The van der Waals surface area contributed by atoms with Gasteiger partial charge in [-0.1, -0.05) is 23.8 Å². The van der Waals surface area contributed by atoms with Gasteiger partial charge in [0.2, 0.25) is 0 Å². The third kappa shape index (κ3) is 3.19. The van der Waals surface area contributed by atoms with E-state index in [1.165, 1.54) is 5.56 Å². The number of carbonyl (C=O) groups is 1. The van der Waals surface area contributed by atoms with Crippen molar-refractivity contribution in [1.29, 1.82) is 0 Å². The molecular formula is C20H19N5OS. The van der Waals surface area contributed by atoms with E-state index in [0.717, 1.165) is 45.8 Å². The minimum atomic E-state index is -0.0813. The Morgan fingerprint density at radius 3 is 3.07 bits per heavy atom. The van der Waals surface area contributed by atoms with Crippen molar-refractivity contribution in [3.8, 4) is 0 Å². The first-order valence-corrected chi connectivity index (χ1v) is 10.0. The van der Waals surface area contributed by atoms with Gasteiger partial charge in [0, 0.05) is 12.6 Å². The summed E-state index contributed by atoms with van der Waals surface area (Å²) in [5, 5.41) is 4.17. The van der Waals surface area contributed by atoms with Crippen LogP contribution in [-0.4, -0.2) is 31.3 Å². The summed E-state index contributed by atoms with van der Waals surface area (Å²) in [6.07, 6.45) is 7.32. The fourth-order valence-corrected chi connectivity index (χ4v) is 4.61. The van der Waals surface area contributed by atoms with E-state index in [2.05, 4.69) is 37.0 Å². The summed E-state index contributed by atoms with van der Waals surface area (Å²) >= 11 is 1.61. The number of fused-ring (bicyclic) bond motifs is 2. The molecule has 3 heterocycles. The van der Waals surface area contributed by atoms with E-state index in [0.29, 0.717) is 18.7 Å². The van der Waals surface area contributed by atoms with Crippen LogP contribution in [0.25, 0.3) is 21.4 Å². The van der Waals surface area contributed by atoms with Gasteiger partial charge in [0.05, 0.1) is 29.1 Å². The van der Waals surface area contributed by atoms with Crippen LogP contribution in [0, 0.1) is 0 Å². The Balaban J connectivity index is 1.39. The number of hydrogen-bond acceptors (Lipinski definition) is 6. The Bertz CT molecular complexity index is 1130. The number of imidazole rings is 1. The number of thiazole rings is 1. The van der Waals surface area contributed by atoms with Gasteiger partial charge in [-0.3, -0.25) is 4.79 Å². The molecule has 27 heavy (non-hydrogen) atoms. The number of nitrogens with one attached hydrogen (secondary N) is 1. The normalized spacial score (nSPS) is 17.6. The van der Waals surface area contributed by atoms with Crippen molar-refractivity contribution >= 4 is 43.6 Å². The van der Waals surface area contributed by atoms with Crippen molar-refractivity contribution in [3.05, 3.63) is 48.4 Å². The standard InChI is InChI=1S/C20H19N5OS/c26-17-6-2-1-4-14(17)23-20-24-15-8-7-13(10-18(15)27-20)11-25-12-22-16-5-3-9-21-19(16)25/h3,5,7-10,12,14H,1-2,4,6,11H2,(H,23,24)/t14-/m1/s1. The van der Waals surface area contributed by atoms with Gasteiger partial charge in [-0.05, 0) is 42.7 Å². The lowest BCUT2D eigenvalue weighted by Gasteiger charge is -2.20. The van der Waals surface area contributed by atoms with E-state index in [1.807, 2.05) is 24.5 Å². The first-order chi connectivity index (χ1) is 13.3. The molecule has 5 rings (SSSR count). The number of nitrogens with zero attached hydrogens (tertiary/aromatic N) is 4. The second kappa shape index (κ2) is 6.74. The highest BCUT2D eigenvalue weighted by Gasteiger charge is 2.22. The Morgan fingerprint density at radius 2 is 2.15 bits per heavy atom. The summed E-state index contributed by atoms with van der Waals surface area (Å²) in [4.78, 5) is 25.5. The smallest absolute Gasteiger partial charge is 0.184 e. The molecular weight excluding hydrogens is 358 g/mol. The quantitative estimate of drug-likeness (QED) is 0.582. The first kappa shape index (κ1) is 16.4. The number of hydrogen-bond donors (Lipinski definition) is 1. The van der Waals surface area contributed by atoms with Crippen LogP contribution in [0.1, 0.15) is 31.2 Å². The number of anilines is 1. The molecule has 1 aromatic carbocycles. The Labute approximate surface area is 160 Å². The number of benzene rings is 1. The molecule has 136 valence electrons. The molecule has 4 aromatic rings. The van der Waals surface area contributed by atoms with Crippen molar-refractivity contribution in [3.63, 3.8) is 0 Å². The molecule has 7 heteroatoms. The monoisotopic (exact) mass is 377 g/mol. The van der Waals surface area contributed by atoms with Crippen LogP contribution >= 0.6 is 11.3 Å². The van der Waals surface area contributed by atoms with E-state index in [1.54, 1.807) is 17.5 Å². The molecule has 0 saturated heterocycles. The lowest BCUT2D eigenvalue weighted by Crippen LogP contribution is -2.32. The maximum absolute atomic E-state index is 12.1. The molecule has 0 unspecified atom stereocenters. The molecule has 6 nitrogen and oxygen atoms in total. The van der Waals surface area contributed by atoms with E-state index in [4.69, 9.17) is 0 Å².